The van der Waals surface area contributed by atoms with Crippen molar-refractivity contribution in [3.8, 4) is 0 Å². The van der Waals surface area contributed by atoms with Crippen LogP contribution in [0.25, 0.3) is 0 Å². The van der Waals surface area contributed by atoms with Gasteiger partial charge in [-0.3, -0.25) is 4.79 Å². The fourth-order valence-corrected chi connectivity index (χ4v) is 1.92. The normalized spacial score (nSPS) is 20.4. The highest BCUT2D eigenvalue weighted by atomic mass is 16.5. The lowest BCUT2D eigenvalue weighted by atomic mass is 10.1. The molecule has 1 aliphatic heterocycles. The number of piperidine rings is 1. The van der Waals surface area contributed by atoms with E-state index in [-0.39, 0.29) is 11.9 Å². The highest BCUT2D eigenvalue weighted by Gasteiger charge is 2.24. The topological polar surface area (TPSA) is 58.6 Å². The van der Waals surface area contributed by atoms with Crippen molar-refractivity contribution in [3.63, 3.8) is 0 Å². The van der Waals surface area contributed by atoms with Gasteiger partial charge in [0.1, 0.15) is 0 Å². The summed E-state index contributed by atoms with van der Waals surface area (Å²) >= 11 is 0. The molecule has 1 aliphatic rings. The summed E-state index contributed by atoms with van der Waals surface area (Å²) in [5.41, 5.74) is 0. The lowest BCUT2D eigenvalue weighted by Crippen LogP contribution is -2.49. The molecule has 5 nitrogen and oxygen atoms in total. The number of likely N-dealkylation sites (tertiary alicyclic amines) is 1. The largest absolute Gasteiger partial charge is 0.453 e. The van der Waals surface area contributed by atoms with Crippen LogP contribution in [0.5, 0.6) is 0 Å². The van der Waals surface area contributed by atoms with Crippen LogP contribution in [0.15, 0.2) is 0 Å². The quantitative estimate of drug-likeness (QED) is 0.788. The molecule has 0 spiro atoms. The predicted molar refractivity (Wildman–Crippen MR) is 60.1 cm³/mol. The smallest absolute Gasteiger partial charge is 0.407 e. The summed E-state index contributed by atoms with van der Waals surface area (Å²) in [6.45, 7) is 3.40. The summed E-state index contributed by atoms with van der Waals surface area (Å²) in [7, 11) is 1.35. The Hall–Kier alpha value is -1.26. The minimum atomic E-state index is -0.421. The van der Waals surface area contributed by atoms with Gasteiger partial charge in [-0.2, -0.15) is 0 Å². The monoisotopic (exact) mass is 228 g/mol. The van der Waals surface area contributed by atoms with Crippen LogP contribution in [0.4, 0.5) is 4.79 Å². The van der Waals surface area contributed by atoms with Gasteiger partial charge in [-0.05, 0) is 19.3 Å². The Morgan fingerprint density at radius 3 is 2.88 bits per heavy atom. The molecule has 1 atom stereocenters. The SMILES string of the molecule is CCCC(=O)N1CCCC(NC(=O)OC)C1. The van der Waals surface area contributed by atoms with E-state index >= 15 is 0 Å². The first-order valence-electron chi connectivity index (χ1n) is 5.79. The van der Waals surface area contributed by atoms with E-state index in [2.05, 4.69) is 10.1 Å². The molecular formula is C11H20N2O3. The van der Waals surface area contributed by atoms with Gasteiger partial charge in [0, 0.05) is 25.6 Å². The molecule has 1 fully saturated rings. The van der Waals surface area contributed by atoms with Gasteiger partial charge >= 0.3 is 6.09 Å². The number of amides is 2. The number of hydrogen-bond donors (Lipinski definition) is 1. The van der Waals surface area contributed by atoms with Crippen LogP contribution in [0.1, 0.15) is 32.6 Å². The Balaban J connectivity index is 2.40. The number of methoxy groups -OCH3 is 1. The highest BCUT2D eigenvalue weighted by molar-refractivity contribution is 5.76. The van der Waals surface area contributed by atoms with Gasteiger partial charge in [0.15, 0.2) is 0 Å². The summed E-state index contributed by atoms with van der Waals surface area (Å²) in [6, 6.07) is 0.0296. The minimum absolute atomic E-state index is 0.0296. The van der Waals surface area contributed by atoms with E-state index in [4.69, 9.17) is 0 Å². The Morgan fingerprint density at radius 2 is 2.25 bits per heavy atom. The molecule has 1 N–H and O–H groups in total. The molecule has 0 aromatic carbocycles. The fourth-order valence-electron chi connectivity index (χ4n) is 1.92. The molecule has 0 aliphatic carbocycles. The second kappa shape index (κ2) is 6.35. The number of carbonyl (C=O) groups excluding carboxylic acids is 2. The van der Waals surface area contributed by atoms with E-state index in [1.807, 2.05) is 11.8 Å². The molecular weight excluding hydrogens is 208 g/mol. The maximum absolute atomic E-state index is 11.7. The lowest BCUT2D eigenvalue weighted by molar-refractivity contribution is -0.132. The average molecular weight is 228 g/mol. The Bertz CT molecular complexity index is 256. The van der Waals surface area contributed by atoms with Gasteiger partial charge in [0.25, 0.3) is 0 Å². The molecule has 1 rings (SSSR count). The van der Waals surface area contributed by atoms with Gasteiger partial charge < -0.3 is 15.0 Å². The molecule has 1 saturated heterocycles. The molecule has 16 heavy (non-hydrogen) atoms. The molecule has 0 bridgehead atoms. The third-order valence-electron chi connectivity index (χ3n) is 2.75. The Kier molecular flexibility index (Phi) is 5.08. The van der Waals surface area contributed by atoms with Crippen LogP contribution >= 0.6 is 0 Å². The number of alkyl carbamates (subject to hydrolysis) is 1. The van der Waals surface area contributed by atoms with E-state index in [0.29, 0.717) is 13.0 Å². The summed E-state index contributed by atoms with van der Waals surface area (Å²) in [5, 5.41) is 2.74. The van der Waals surface area contributed by atoms with E-state index in [1.165, 1.54) is 7.11 Å². The molecule has 5 heteroatoms. The molecule has 1 unspecified atom stereocenters. The van der Waals surface area contributed by atoms with Crippen molar-refractivity contribution in [1.82, 2.24) is 10.2 Å². The number of nitrogens with zero attached hydrogens (tertiary/aromatic N) is 1. The van der Waals surface area contributed by atoms with Crippen LogP contribution < -0.4 is 5.32 Å². The van der Waals surface area contributed by atoms with E-state index in [9.17, 15) is 9.59 Å². The first-order valence-corrected chi connectivity index (χ1v) is 5.79. The number of nitrogens with one attached hydrogen (secondary N) is 1. The van der Waals surface area contributed by atoms with E-state index < -0.39 is 6.09 Å². The van der Waals surface area contributed by atoms with Crippen molar-refractivity contribution in [1.29, 1.82) is 0 Å². The maximum Gasteiger partial charge on any atom is 0.407 e. The van der Waals surface area contributed by atoms with E-state index in [1.54, 1.807) is 0 Å². The van der Waals surface area contributed by atoms with Gasteiger partial charge in [0.05, 0.1) is 7.11 Å². The molecule has 2 amide bonds. The van der Waals surface area contributed by atoms with Gasteiger partial charge in [-0.15, -0.1) is 0 Å². The third-order valence-corrected chi connectivity index (χ3v) is 2.75. The van der Waals surface area contributed by atoms with Crippen molar-refractivity contribution in [2.75, 3.05) is 20.2 Å². The summed E-state index contributed by atoms with van der Waals surface area (Å²) in [6.07, 6.45) is 2.87. The summed E-state index contributed by atoms with van der Waals surface area (Å²) < 4.78 is 4.54. The molecule has 0 saturated carbocycles. The van der Waals surface area contributed by atoms with Crippen LogP contribution in [0.3, 0.4) is 0 Å². The van der Waals surface area contributed by atoms with E-state index in [0.717, 1.165) is 25.8 Å². The van der Waals surface area contributed by atoms with Crippen LogP contribution in [0, 0.1) is 0 Å². The Labute approximate surface area is 96.1 Å². The van der Waals surface area contributed by atoms with Gasteiger partial charge in [0.2, 0.25) is 5.91 Å². The highest BCUT2D eigenvalue weighted by Crippen LogP contribution is 2.11. The summed E-state index contributed by atoms with van der Waals surface area (Å²) in [5.74, 6) is 0.180. The van der Waals surface area contributed by atoms with Crippen molar-refractivity contribution in [3.05, 3.63) is 0 Å². The zero-order valence-electron chi connectivity index (χ0n) is 9.99. The number of carbonyl (C=O) groups is 2. The third kappa shape index (κ3) is 3.72. The molecule has 0 aromatic rings. The Morgan fingerprint density at radius 1 is 1.50 bits per heavy atom. The van der Waals surface area contributed by atoms with Crippen LogP contribution in [-0.4, -0.2) is 43.1 Å². The average Bonchev–Trinajstić information content (AvgIpc) is 2.29. The fraction of sp³-hybridized carbons (Fsp3) is 0.818. The zero-order valence-corrected chi connectivity index (χ0v) is 9.99. The molecule has 0 aromatic heterocycles. The second-order valence-corrected chi connectivity index (χ2v) is 4.06. The first-order chi connectivity index (χ1) is 7.67. The van der Waals surface area contributed by atoms with Crippen molar-refractivity contribution >= 4 is 12.0 Å². The standard InChI is InChI=1S/C11H20N2O3/c1-3-5-10(14)13-7-4-6-9(8-13)12-11(15)16-2/h9H,3-8H2,1-2H3,(H,12,15). The van der Waals surface area contributed by atoms with Crippen molar-refractivity contribution in [2.24, 2.45) is 0 Å². The van der Waals surface area contributed by atoms with Crippen molar-refractivity contribution < 1.29 is 14.3 Å². The predicted octanol–water partition coefficient (Wildman–Crippen LogP) is 1.13. The minimum Gasteiger partial charge on any atom is -0.453 e. The van der Waals surface area contributed by atoms with Crippen LogP contribution in [0.2, 0.25) is 0 Å². The lowest BCUT2D eigenvalue weighted by Gasteiger charge is -2.32. The maximum atomic E-state index is 11.7. The number of hydrogen-bond acceptors (Lipinski definition) is 3. The molecule has 92 valence electrons. The molecule has 1 heterocycles. The first kappa shape index (κ1) is 12.8. The van der Waals surface area contributed by atoms with Gasteiger partial charge in [-0.1, -0.05) is 6.92 Å². The van der Waals surface area contributed by atoms with Gasteiger partial charge in [-0.25, -0.2) is 4.79 Å². The second-order valence-electron chi connectivity index (χ2n) is 4.06. The number of rotatable bonds is 3. The summed E-state index contributed by atoms with van der Waals surface area (Å²) in [4.78, 5) is 24.6. The molecule has 0 radical (unpaired) electrons. The van der Waals surface area contributed by atoms with Crippen LogP contribution in [-0.2, 0) is 9.53 Å². The number of ether oxygens (including phenoxy) is 1. The zero-order chi connectivity index (χ0) is 12.0. The van der Waals surface area contributed by atoms with Crippen molar-refractivity contribution in [2.45, 2.75) is 38.6 Å².